The second kappa shape index (κ2) is 6.01. The number of hydrogen-bond acceptors (Lipinski definition) is 2. The van der Waals surface area contributed by atoms with Crippen LogP contribution in [0.15, 0.2) is 36.4 Å². The molecular weight excluding hydrogens is 260 g/mol. The monoisotopic (exact) mass is 277 g/mol. The maximum Gasteiger partial charge on any atom is 0.130 e. The van der Waals surface area contributed by atoms with Gasteiger partial charge in [-0.2, -0.15) is 0 Å². The van der Waals surface area contributed by atoms with Gasteiger partial charge in [0.2, 0.25) is 0 Å². The molecule has 0 aliphatic rings. The van der Waals surface area contributed by atoms with E-state index in [-0.39, 0.29) is 18.2 Å². The van der Waals surface area contributed by atoms with Crippen LogP contribution in [0.4, 0.5) is 8.78 Å². The molecule has 0 unspecified atom stereocenters. The molecule has 0 saturated heterocycles. The summed E-state index contributed by atoms with van der Waals surface area (Å²) in [5, 5.41) is 0. The largest absolute Gasteiger partial charge is 0.488 e. The summed E-state index contributed by atoms with van der Waals surface area (Å²) in [6.07, 6.45) is 0. The van der Waals surface area contributed by atoms with Crippen molar-refractivity contribution in [3.63, 3.8) is 0 Å². The van der Waals surface area contributed by atoms with E-state index >= 15 is 0 Å². The minimum Gasteiger partial charge on any atom is -0.488 e. The standard InChI is InChI=1S/C16H17F2NO/c1-10-3-5-14(11(2)19)16(7-10)20-9-12-8-13(17)4-6-15(12)18/h3-8,11H,9,19H2,1-2H3/t11-/m1/s1. The van der Waals surface area contributed by atoms with Crippen molar-refractivity contribution in [1.82, 2.24) is 0 Å². The Morgan fingerprint density at radius 3 is 2.60 bits per heavy atom. The molecule has 2 rings (SSSR count). The van der Waals surface area contributed by atoms with E-state index in [2.05, 4.69) is 0 Å². The molecule has 0 radical (unpaired) electrons. The molecule has 1 atom stereocenters. The minimum absolute atomic E-state index is 0.0350. The molecule has 4 heteroatoms. The lowest BCUT2D eigenvalue weighted by Crippen LogP contribution is -2.09. The van der Waals surface area contributed by atoms with Crippen LogP contribution in [0.2, 0.25) is 0 Å². The van der Waals surface area contributed by atoms with Crippen LogP contribution in [0.1, 0.15) is 29.7 Å². The van der Waals surface area contributed by atoms with E-state index in [4.69, 9.17) is 10.5 Å². The number of rotatable bonds is 4. The number of nitrogens with two attached hydrogens (primary N) is 1. The zero-order chi connectivity index (χ0) is 14.7. The van der Waals surface area contributed by atoms with E-state index < -0.39 is 11.6 Å². The van der Waals surface area contributed by atoms with Gasteiger partial charge in [-0.3, -0.25) is 0 Å². The van der Waals surface area contributed by atoms with Gasteiger partial charge < -0.3 is 10.5 Å². The van der Waals surface area contributed by atoms with Crippen molar-refractivity contribution >= 4 is 0 Å². The first kappa shape index (κ1) is 14.5. The first-order valence-corrected chi connectivity index (χ1v) is 6.40. The first-order chi connectivity index (χ1) is 9.47. The van der Waals surface area contributed by atoms with Crippen LogP contribution in [-0.4, -0.2) is 0 Å². The summed E-state index contributed by atoms with van der Waals surface area (Å²) in [6, 6.07) is 8.79. The number of benzene rings is 2. The Kier molecular flexibility index (Phi) is 4.35. The summed E-state index contributed by atoms with van der Waals surface area (Å²) >= 11 is 0. The Morgan fingerprint density at radius 2 is 1.90 bits per heavy atom. The van der Waals surface area contributed by atoms with Crippen LogP contribution < -0.4 is 10.5 Å². The topological polar surface area (TPSA) is 35.2 Å². The Labute approximate surface area is 117 Å². The lowest BCUT2D eigenvalue weighted by molar-refractivity contribution is 0.294. The van der Waals surface area contributed by atoms with E-state index in [0.717, 1.165) is 29.3 Å². The van der Waals surface area contributed by atoms with Gasteiger partial charge in [0.25, 0.3) is 0 Å². The van der Waals surface area contributed by atoms with Crippen LogP contribution in [-0.2, 0) is 6.61 Å². The lowest BCUT2D eigenvalue weighted by Gasteiger charge is -2.15. The molecule has 106 valence electrons. The Bertz CT molecular complexity index is 611. The van der Waals surface area contributed by atoms with Crippen LogP contribution >= 0.6 is 0 Å². The third-order valence-electron chi connectivity index (χ3n) is 3.05. The van der Waals surface area contributed by atoms with Gasteiger partial charge in [-0.1, -0.05) is 12.1 Å². The quantitative estimate of drug-likeness (QED) is 0.920. The summed E-state index contributed by atoms with van der Waals surface area (Å²) in [5.41, 5.74) is 7.91. The fourth-order valence-electron chi connectivity index (χ4n) is 1.95. The molecule has 2 aromatic carbocycles. The highest BCUT2D eigenvalue weighted by Crippen LogP contribution is 2.26. The summed E-state index contributed by atoms with van der Waals surface area (Å²) in [7, 11) is 0. The van der Waals surface area contributed by atoms with E-state index in [1.165, 1.54) is 0 Å². The van der Waals surface area contributed by atoms with Crippen molar-refractivity contribution in [2.75, 3.05) is 0 Å². The van der Waals surface area contributed by atoms with Crippen molar-refractivity contribution in [2.24, 2.45) is 5.73 Å². The summed E-state index contributed by atoms with van der Waals surface area (Å²) in [5.74, 6) is -0.369. The Balaban J connectivity index is 2.22. The fourth-order valence-corrected chi connectivity index (χ4v) is 1.95. The van der Waals surface area contributed by atoms with Gasteiger partial charge in [-0.05, 0) is 43.7 Å². The molecule has 0 aliphatic carbocycles. The molecule has 0 spiro atoms. The number of ether oxygens (including phenoxy) is 1. The molecule has 2 nitrogen and oxygen atoms in total. The van der Waals surface area contributed by atoms with Gasteiger partial charge in [0.1, 0.15) is 24.0 Å². The Morgan fingerprint density at radius 1 is 1.15 bits per heavy atom. The van der Waals surface area contributed by atoms with Crippen molar-refractivity contribution in [2.45, 2.75) is 26.5 Å². The molecule has 0 amide bonds. The molecule has 2 aromatic rings. The van der Waals surface area contributed by atoms with E-state index in [1.54, 1.807) is 0 Å². The summed E-state index contributed by atoms with van der Waals surface area (Å²) in [6.45, 7) is 3.74. The van der Waals surface area contributed by atoms with Crippen molar-refractivity contribution in [3.05, 3.63) is 64.7 Å². The molecule has 0 bridgehead atoms. The number of aryl methyl sites for hydroxylation is 1. The molecule has 0 aliphatic heterocycles. The summed E-state index contributed by atoms with van der Waals surface area (Å²) in [4.78, 5) is 0. The normalized spacial score (nSPS) is 12.2. The van der Waals surface area contributed by atoms with E-state index in [9.17, 15) is 8.78 Å². The molecule has 0 heterocycles. The van der Waals surface area contributed by atoms with Gasteiger partial charge in [0.15, 0.2) is 0 Å². The fraction of sp³-hybridized carbons (Fsp3) is 0.250. The molecular formula is C16H17F2NO. The van der Waals surface area contributed by atoms with Crippen molar-refractivity contribution in [1.29, 1.82) is 0 Å². The predicted octanol–water partition coefficient (Wildman–Crippen LogP) is 3.87. The maximum atomic E-state index is 13.5. The minimum atomic E-state index is -0.485. The van der Waals surface area contributed by atoms with Crippen LogP contribution in [0.25, 0.3) is 0 Å². The molecule has 20 heavy (non-hydrogen) atoms. The zero-order valence-electron chi connectivity index (χ0n) is 11.5. The van der Waals surface area contributed by atoms with E-state index in [1.807, 2.05) is 32.0 Å². The first-order valence-electron chi connectivity index (χ1n) is 6.40. The zero-order valence-corrected chi connectivity index (χ0v) is 11.5. The smallest absolute Gasteiger partial charge is 0.130 e. The van der Waals surface area contributed by atoms with Crippen molar-refractivity contribution in [3.8, 4) is 5.75 Å². The highest BCUT2D eigenvalue weighted by Gasteiger charge is 2.10. The predicted molar refractivity (Wildman–Crippen MR) is 74.5 cm³/mol. The third kappa shape index (κ3) is 3.33. The van der Waals surface area contributed by atoms with Gasteiger partial charge >= 0.3 is 0 Å². The molecule has 0 saturated carbocycles. The highest BCUT2D eigenvalue weighted by atomic mass is 19.1. The van der Waals surface area contributed by atoms with E-state index in [0.29, 0.717) is 5.75 Å². The van der Waals surface area contributed by atoms with Gasteiger partial charge in [0.05, 0.1) is 0 Å². The van der Waals surface area contributed by atoms with Gasteiger partial charge in [-0.15, -0.1) is 0 Å². The summed E-state index contributed by atoms with van der Waals surface area (Å²) < 4.78 is 32.3. The Hall–Kier alpha value is -1.94. The highest BCUT2D eigenvalue weighted by molar-refractivity contribution is 5.39. The van der Waals surface area contributed by atoms with Crippen molar-refractivity contribution < 1.29 is 13.5 Å². The lowest BCUT2D eigenvalue weighted by atomic mass is 10.1. The average molecular weight is 277 g/mol. The maximum absolute atomic E-state index is 13.5. The number of hydrogen-bond donors (Lipinski definition) is 1. The molecule has 0 aromatic heterocycles. The molecule has 0 fully saturated rings. The van der Waals surface area contributed by atoms with Gasteiger partial charge in [-0.25, -0.2) is 8.78 Å². The van der Waals surface area contributed by atoms with Crippen LogP contribution in [0.5, 0.6) is 5.75 Å². The number of halogens is 2. The second-order valence-corrected chi connectivity index (χ2v) is 4.85. The van der Waals surface area contributed by atoms with Gasteiger partial charge in [0, 0.05) is 17.2 Å². The second-order valence-electron chi connectivity index (χ2n) is 4.85. The molecule has 2 N–H and O–H groups in total. The van der Waals surface area contributed by atoms with Crippen LogP contribution in [0.3, 0.4) is 0 Å². The van der Waals surface area contributed by atoms with Crippen LogP contribution in [0, 0.1) is 18.6 Å². The third-order valence-corrected chi connectivity index (χ3v) is 3.05. The SMILES string of the molecule is Cc1ccc([C@@H](C)N)c(OCc2cc(F)ccc2F)c1. The average Bonchev–Trinajstić information content (AvgIpc) is 2.39.